The molecule has 104 valence electrons. The second kappa shape index (κ2) is 8.45. The van der Waals surface area contributed by atoms with Crippen LogP contribution in [0.1, 0.15) is 39.0 Å². The second-order valence-electron chi connectivity index (χ2n) is 6.32. The average Bonchev–Trinajstić information content (AvgIpc) is 2.16. The lowest BCUT2D eigenvalue weighted by molar-refractivity contribution is 0.526. The Morgan fingerprint density at radius 3 is 1.71 bits per heavy atom. The Kier molecular flexibility index (Phi) is 8.63. The fourth-order valence-corrected chi connectivity index (χ4v) is 11.3. The monoisotopic (exact) mass is 275 g/mol. The molecule has 0 saturated carbocycles. The minimum atomic E-state index is -1.43. The first-order valence-corrected chi connectivity index (χ1v) is 13.5. The summed E-state index contributed by atoms with van der Waals surface area (Å²) in [6.07, 6.45) is 6.41. The third kappa shape index (κ3) is 10.0. The Bertz CT molecular complexity index is 176. The molecule has 0 amide bonds. The van der Waals surface area contributed by atoms with Crippen molar-refractivity contribution in [3.8, 4) is 0 Å². The SMILES string of the molecule is CCCCC[Si](C)(C)O[Si](C)(C)CCCCN. The number of unbranched alkanes of at least 4 members (excludes halogenated alkanes) is 3. The van der Waals surface area contributed by atoms with Crippen LogP contribution in [0.5, 0.6) is 0 Å². The molecule has 0 radical (unpaired) electrons. The Morgan fingerprint density at radius 1 is 0.824 bits per heavy atom. The van der Waals surface area contributed by atoms with Crippen LogP contribution in [0, 0.1) is 0 Å². The highest BCUT2D eigenvalue weighted by molar-refractivity contribution is 6.84. The Morgan fingerprint density at radius 2 is 1.29 bits per heavy atom. The molecule has 0 aliphatic rings. The summed E-state index contributed by atoms with van der Waals surface area (Å²) < 4.78 is 6.56. The van der Waals surface area contributed by atoms with Crippen molar-refractivity contribution in [3.63, 3.8) is 0 Å². The van der Waals surface area contributed by atoms with Crippen LogP contribution in [-0.2, 0) is 4.12 Å². The molecule has 0 spiro atoms. The van der Waals surface area contributed by atoms with Gasteiger partial charge in [-0.3, -0.25) is 0 Å². The number of hydrogen-bond acceptors (Lipinski definition) is 2. The van der Waals surface area contributed by atoms with Gasteiger partial charge in [-0.2, -0.15) is 0 Å². The molecule has 2 N–H and O–H groups in total. The first kappa shape index (κ1) is 17.4. The summed E-state index contributed by atoms with van der Waals surface area (Å²) in [6, 6.07) is 2.60. The molecule has 0 saturated heterocycles. The van der Waals surface area contributed by atoms with E-state index in [2.05, 4.69) is 33.1 Å². The van der Waals surface area contributed by atoms with E-state index >= 15 is 0 Å². The maximum atomic E-state index is 6.56. The van der Waals surface area contributed by atoms with Gasteiger partial charge in [0, 0.05) is 0 Å². The summed E-state index contributed by atoms with van der Waals surface area (Å²) in [5.41, 5.74) is 5.55. The van der Waals surface area contributed by atoms with Gasteiger partial charge >= 0.3 is 0 Å². The van der Waals surface area contributed by atoms with Gasteiger partial charge in [0.15, 0.2) is 16.6 Å². The van der Waals surface area contributed by atoms with Crippen molar-refractivity contribution >= 4 is 16.6 Å². The molecule has 0 aromatic heterocycles. The normalized spacial score (nSPS) is 13.1. The maximum absolute atomic E-state index is 6.56. The zero-order valence-electron chi connectivity index (χ0n) is 12.6. The van der Waals surface area contributed by atoms with Crippen molar-refractivity contribution in [2.24, 2.45) is 5.73 Å². The zero-order valence-corrected chi connectivity index (χ0v) is 14.6. The molecule has 4 heteroatoms. The lowest BCUT2D eigenvalue weighted by atomic mass is 10.3. The summed E-state index contributed by atoms with van der Waals surface area (Å²) >= 11 is 0. The second-order valence-corrected chi connectivity index (χ2v) is 15.2. The topological polar surface area (TPSA) is 35.2 Å². The van der Waals surface area contributed by atoms with Crippen LogP contribution in [0.2, 0.25) is 38.3 Å². The van der Waals surface area contributed by atoms with E-state index in [1.165, 1.54) is 37.8 Å². The van der Waals surface area contributed by atoms with Gasteiger partial charge in [-0.1, -0.05) is 32.6 Å². The van der Waals surface area contributed by atoms with Gasteiger partial charge < -0.3 is 9.85 Å². The molecule has 0 fully saturated rings. The molecule has 0 unspecified atom stereocenters. The minimum Gasteiger partial charge on any atom is -0.455 e. The molecule has 17 heavy (non-hydrogen) atoms. The summed E-state index contributed by atoms with van der Waals surface area (Å²) in [5.74, 6) is 0. The van der Waals surface area contributed by atoms with Crippen molar-refractivity contribution in [1.29, 1.82) is 0 Å². The Balaban J connectivity index is 3.99. The van der Waals surface area contributed by atoms with Gasteiger partial charge in [-0.15, -0.1) is 0 Å². The van der Waals surface area contributed by atoms with Crippen LogP contribution < -0.4 is 5.73 Å². The number of nitrogens with two attached hydrogens (primary N) is 1. The fourth-order valence-electron chi connectivity index (χ4n) is 2.35. The maximum Gasteiger partial charge on any atom is 0.173 e. The number of rotatable bonds is 10. The molecule has 0 rings (SSSR count). The van der Waals surface area contributed by atoms with Crippen molar-refractivity contribution in [3.05, 3.63) is 0 Å². The van der Waals surface area contributed by atoms with E-state index in [4.69, 9.17) is 9.85 Å². The molecule has 0 aliphatic carbocycles. The highest BCUT2D eigenvalue weighted by Gasteiger charge is 2.31. The highest BCUT2D eigenvalue weighted by Crippen LogP contribution is 2.24. The van der Waals surface area contributed by atoms with Crippen molar-refractivity contribution < 1.29 is 4.12 Å². The van der Waals surface area contributed by atoms with E-state index < -0.39 is 16.6 Å². The summed E-state index contributed by atoms with van der Waals surface area (Å²) in [6.45, 7) is 12.6. The molecule has 0 aromatic carbocycles. The molecule has 0 atom stereocenters. The largest absolute Gasteiger partial charge is 0.455 e. The minimum absolute atomic E-state index is 0.821. The van der Waals surface area contributed by atoms with Crippen molar-refractivity contribution in [2.75, 3.05) is 6.54 Å². The summed E-state index contributed by atoms with van der Waals surface area (Å²) in [4.78, 5) is 0. The average molecular weight is 276 g/mol. The van der Waals surface area contributed by atoms with E-state index in [1.54, 1.807) is 0 Å². The first-order valence-electron chi connectivity index (χ1n) is 7.23. The highest BCUT2D eigenvalue weighted by atomic mass is 28.4. The molecule has 0 aliphatic heterocycles. The van der Waals surface area contributed by atoms with Crippen molar-refractivity contribution in [1.82, 2.24) is 0 Å². The van der Waals surface area contributed by atoms with Crippen LogP contribution in [0.3, 0.4) is 0 Å². The van der Waals surface area contributed by atoms with Gasteiger partial charge in [0.25, 0.3) is 0 Å². The van der Waals surface area contributed by atoms with E-state index in [0.717, 1.165) is 13.0 Å². The van der Waals surface area contributed by atoms with E-state index in [0.29, 0.717) is 0 Å². The van der Waals surface area contributed by atoms with Gasteiger partial charge in [0.2, 0.25) is 0 Å². The van der Waals surface area contributed by atoms with E-state index in [-0.39, 0.29) is 0 Å². The van der Waals surface area contributed by atoms with E-state index in [1.807, 2.05) is 0 Å². The van der Waals surface area contributed by atoms with Gasteiger partial charge in [-0.05, 0) is 51.2 Å². The smallest absolute Gasteiger partial charge is 0.173 e. The molecular weight excluding hydrogens is 242 g/mol. The molecule has 0 heterocycles. The van der Waals surface area contributed by atoms with Crippen LogP contribution in [0.25, 0.3) is 0 Å². The molecular formula is C13H33NOSi2. The van der Waals surface area contributed by atoms with Crippen molar-refractivity contribution in [2.45, 2.75) is 77.3 Å². The van der Waals surface area contributed by atoms with Crippen LogP contribution in [-0.4, -0.2) is 23.2 Å². The van der Waals surface area contributed by atoms with Crippen LogP contribution in [0.4, 0.5) is 0 Å². The summed E-state index contributed by atoms with van der Waals surface area (Å²) in [5, 5.41) is 0. The lowest BCUT2D eigenvalue weighted by Crippen LogP contribution is -2.44. The standard InChI is InChI=1S/C13H33NOSi2/c1-6-7-9-12-16(2,3)15-17(4,5)13-10-8-11-14/h6-14H2,1-5H3. The first-order chi connectivity index (χ1) is 7.83. The molecule has 2 nitrogen and oxygen atoms in total. The predicted molar refractivity (Wildman–Crippen MR) is 83.5 cm³/mol. The van der Waals surface area contributed by atoms with Gasteiger partial charge in [0.05, 0.1) is 0 Å². The third-order valence-corrected chi connectivity index (χ3v) is 10.7. The predicted octanol–water partition coefficient (Wildman–Crippen LogP) is 4.34. The van der Waals surface area contributed by atoms with Crippen LogP contribution in [0.15, 0.2) is 0 Å². The zero-order chi connectivity index (χ0) is 13.4. The molecule has 0 bridgehead atoms. The Labute approximate surface area is 111 Å². The van der Waals surface area contributed by atoms with E-state index in [9.17, 15) is 0 Å². The third-order valence-electron chi connectivity index (χ3n) is 3.17. The van der Waals surface area contributed by atoms with Gasteiger partial charge in [0.1, 0.15) is 0 Å². The quantitative estimate of drug-likeness (QED) is 0.475. The summed E-state index contributed by atoms with van der Waals surface area (Å²) in [7, 11) is -2.84. The Hall–Kier alpha value is 0.354. The number of hydrogen-bond donors (Lipinski definition) is 1. The van der Waals surface area contributed by atoms with Crippen LogP contribution >= 0.6 is 0 Å². The fraction of sp³-hybridized carbons (Fsp3) is 1.00. The lowest BCUT2D eigenvalue weighted by Gasteiger charge is -2.34. The molecule has 0 aromatic rings. The van der Waals surface area contributed by atoms with Gasteiger partial charge in [-0.25, -0.2) is 0 Å².